The van der Waals surface area contributed by atoms with Gasteiger partial charge < -0.3 is 15.0 Å². The highest BCUT2D eigenvalue weighted by molar-refractivity contribution is 5.86. The molecule has 0 bridgehead atoms. The van der Waals surface area contributed by atoms with Crippen LogP contribution >= 0.6 is 0 Å². The summed E-state index contributed by atoms with van der Waals surface area (Å²) in [6.45, 7) is 2.06. The molecular formula is C19H20N4O4. The number of aromatic nitrogens is 2. The first-order valence-electron chi connectivity index (χ1n) is 8.76. The van der Waals surface area contributed by atoms with Crippen LogP contribution in [0.3, 0.4) is 0 Å². The Morgan fingerprint density at radius 1 is 1.22 bits per heavy atom. The van der Waals surface area contributed by atoms with Gasteiger partial charge in [0.1, 0.15) is 12.4 Å². The number of rotatable bonds is 2. The molecule has 2 aliphatic heterocycles. The van der Waals surface area contributed by atoms with Crippen LogP contribution in [-0.4, -0.2) is 39.0 Å². The van der Waals surface area contributed by atoms with Crippen LogP contribution in [0.5, 0.6) is 0 Å². The number of aryl methyl sites for hydroxylation is 1. The normalized spacial score (nSPS) is 21.7. The molecule has 1 aromatic carbocycles. The lowest BCUT2D eigenvalue weighted by molar-refractivity contribution is -0.155. The van der Waals surface area contributed by atoms with E-state index in [1.165, 1.54) is 4.57 Å². The third kappa shape index (κ3) is 3.02. The summed E-state index contributed by atoms with van der Waals surface area (Å²) >= 11 is 0. The zero-order valence-corrected chi connectivity index (χ0v) is 15.1. The first kappa shape index (κ1) is 17.4. The number of benzene rings is 1. The Bertz CT molecular complexity index is 970. The topological polar surface area (TPSA) is 93.5 Å². The zero-order chi connectivity index (χ0) is 19.1. The summed E-state index contributed by atoms with van der Waals surface area (Å²) in [5.74, 6) is 0.0849. The molecule has 140 valence electrons. The predicted molar refractivity (Wildman–Crippen MR) is 95.5 cm³/mol. The van der Waals surface area contributed by atoms with Crippen LogP contribution in [-0.2, 0) is 34.5 Å². The van der Waals surface area contributed by atoms with Crippen molar-refractivity contribution in [1.29, 1.82) is 0 Å². The summed E-state index contributed by atoms with van der Waals surface area (Å²) in [7, 11) is 1.67. The highest BCUT2D eigenvalue weighted by atomic mass is 16.5. The molecule has 0 saturated carbocycles. The van der Waals surface area contributed by atoms with E-state index in [4.69, 9.17) is 4.74 Å². The van der Waals surface area contributed by atoms with E-state index >= 15 is 0 Å². The monoisotopic (exact) mass is 368 g/mol. The Morgan fingerprint density at radius 3 is 2.70 bits per heavy atom. The van der Waals surface area contributed by atoms with Crippen molar-refractivity contribution >= 4 is 11.8 Å². The van der Waals surface area contributed by atoms with Gasteiger partial charge in [0, 0.05) is 7.05 Å². The lowest BCUT2D eigenvalue weighted by atomic mass is 9.99. The minimum absolute atomic E-state index is 0.134. The van der Waals surface area contributed by atoms with Gasteiger partial charge in [-0.2, -0.15) is 0 Å². The van der Waals surface area contributed by atoms with Crippen LogP contribution in [0, 0.1) is 6.92 Å². The molecule has 0 aliphatic carbocycles. The molecule has 4 rings (SSSR count). The summed E-state index contributed by atoms with van der Waals surface area (Å²) in [5.41, 5.74) is 1.82. The minimum Gasteiger partial charge on any atom is -0.356 e. The van der Waals surface area contributed by atoms with E-state index in [0.29, 0.717) is 17.1 Å². The maximum absolute atomic E-state index is 13.2. The van der Waals surface area contributed by atoms with E-state index in [9.17, 15) is 14.4 Å². The first-order valence-corrected chi connectivity index (χ1v) is 8.76. The van der Waals surface area contributed by atoms with Gasteiger partial charge in [0.2, 0.25) is 5.91 Å². The van der Waals surface area contributed by atoms with Crippen LogP contribution in [0.4, 0.5) is 0 Å². The Morgan fingerprint density at radius 2 is 1.96 bits per heavy atom. The largest absolute Gasteiger partial charge is 0.356 e. The van der Waals surface area contributed by atoms with Crippen molar-refractivity contribution in [3.05, 3.63) is 63.3 Å². The number of amides is 2. The van der Waals surface area contributed by atoms with Gasteiger partial charge in [-0.1, -0.05) is 30.3 Å². The van der Waals surface area contributed by atoms with E-state index in [1.54, 1.807) is 18.9 Å². The second-order valence-electron chi connectivity index (χ2n) is 6.83. The van der Waals surface area contributed by atoms with E-state index in [2.05, 4.69) is 10.3 Å². The van der Waals surface area contributed by atoms with E-state index < -0.39 is 12.1 Å². The molecule has 0 unspecified atom stereocenters. The van der Waals surface area contributed by atoms with E-state index in [1.807, 2.05) is 30.3 Å². The minimum atomic E-state index is -0.843. The van der Waals surface area contributed by atoms with Crippen LogP contribution in [0.15, 0.2) is 35.1 Å². The third-order valence-electron chi connectivity index (χ3n) is 5.11. The van der Waals surface area contributed by atoms with Gasteiger partial charge in [0.25, 0.3) is 11.5 Å². The first-order chi connectivity index (χ1) is 13.0. The maximum atomic E-state index is 13.2. The van der Waals surface area contributed by atoms with Crippen molar-refractivity contribution in [1.82, 2.24) is 19.8 Å². The summed E-state index contributed by atoms with van der Waals surface area (Å²) in [6, 6.07) is 8.69. The predicted octanol–water partition coefficient (Wildman–Crippen LogP) is 0.187. The van der Waals surface area contributed by atoms with Gasteiger partial charge in [0.15, 0.2) is 6.10 Å². The maximum Gasteiger partial charge on any atom is 0.258 e. The Labute approximate surface area is 155 Å². The van der Waals surface area contributed by atoms with Crippen LogP contribution in [0.2, 0.25) is 0 Å². The van der Waals surface area contributed by atoms with Gasteiger partial charge in [0.05, 0.1) is 30.4 Å². The summed E-state index contributed by atoms with van der Waals surface area (Å²) in [5, 5.41) is 2.84. The molecule has 1 fully saturated rings. The van der Waals surface area contributed by atoms with Gasteiger partial charge in [-0.05, 0) is 12.5 Å². The van der Waals surface area contributed by atoms with Crippen molar-refractivity contribution in [2.45, 2.75) is 32.2 Å². The van der Waals surface area contributed by atoms with Crippen molar-refractivity contribution in [2.24, 2.45) is 7.05 Å². The number of nitrogens with zero attached hydrogens (tertiary/aromatic N) is 3. The summed E-state index contributed by atoms with van der Waals surface area (Å²) < 4.78 is 7.08. The smallest absolute Gasteiger partial charge is 0.258 e. The molecule has 2 atom stereocenters. The molecule has 0 spiro atoms. The molecule has 1 aromatic heterocycles. The second-order valence-corrected chi connectivity index (χ2v) is 6.83. The van der Waals surface area contributed by atoms with Crippen molar-refractivity contribution < 1.29 is 14.3 Å². The standard InChI is InChI=1S/C19H20N4O4/c1-11-20-14-9-23(8-13(14)18(25)22(11)2)19(26)17-16(21-15(24)10-27-17)12-6-4-3-5-7-12/h3-7,16-17H,8-10H2,1-2H3,(H,21,24)/t16-,17+/m1/s1. The molecule has 2 amide bonds. The number of hydrogen-bond acceptors (Lipinski definition) is 5. The van der Waals surface area contributed by atoms with Crippen LogP contribution in [0.25, 0.3) is 0 Å². The second kappa shape index (κ2) is 6.62. The van der Waals surface area contributed by atoms with E-state index in [0.717, 1.165) is 5.56 Å². The molecule has 1 saturated heterocycles. The number of nitrogens with one attached hydrogen (secondary N) is 1. The molecule has 0 radical (unpaired) electrons. The Kier molecular flexibility index (Phi) is 4.27. The van der Waals surface area contributed by atoms with E-state index in [-0.39, 0.29) is 37.1 Å². The molecule has 27 heavy (non-hydrogen) atoms. The molecule has 8 nitrogen and oxygen atoms in total. The van der Waals surface area contributed by atoms with Gasteiger partial charge in [-0.3, -0.25) is 19.0 Å². The lowest BCUT2D eigenvalue weighted by Crippen LogP contribution is -2.52. The number of carbonyl (C=O) groups excluding carboxylic acids is 2. The van der Waals surface area contributed by atoms with Gasteiger partial charge >= 0.3 is 0 Å². The molecule has 2 aliphatic rings. The zero-order valence-electron chi connectivity index (χ0n) is 15.1. The fraction of sp³-hybridized carbons (Fsp3) is 0.368. The summed E-state index contributed by atoms with van der Waals surface area (Å²) in [4.78, 5) is 43.4. The highest BCUT2D eigenvalue weighted by Gasteiger charge is 2.40. The number of morpholine rings is 1. The Hall–Kier alpha value is -3.00. The fourth-order valence-electron chi connectivity index (χ4n) is 3.55. The van der Waals surface area contributed by atoms with Crippen LogP contribution < -0.4 is 10.9 Å². The molecule has 8 heteroatoms. The molecule has 3 heterocycles. The Balaban J connectivity index is 1.61. The highest BCUT2D eigenvalue weighted by Crippen LogP contribution is 2.27. The van der Waals surface area contributed by atoms with Crippen molar-refractivity contribution in [3.8, 4) is 0 Å². The molecular weight excluding hydrogens is 348 g/mol. The van der Waals surface area contributed by atoms with Gasteiger partial charge in [-0.15, -0.1) is 0 Å². The molecule has 1 N–H and O–H groups in total. The summed E-state index contributed by atoms with van der Waals surface area (Å²) in [6.07, 6.45) is -0.843. The molecule has 2 aromatic rings. The van der Waals surface area contributed by atoms with Crippen molar-refractivity contribution in [3.63, 3.8) is 0 Å². The average molecular weight is 368 g/mol. The third-order valence-corrected chi connectivity index (χ3v) is 5.11. The quantitative estimate of drug-likeness (QED) is 0.817. The van der Waals surface area contributed by atoms with Gasteiger partial charge in [-0.25, -0.2) is 4.98 Å². The van der Waals surface area contributed by atoms with Crippen LogP contribution in [0.1, 0.15) is 28.7 Å². The fourth-order valence-corrected chi connectivity index (χ4v) is 3.55. The number of carbonyl (C=O) groups is 2. The lowest BCUT2D eigenvalue weighted by Gasteiger charge is -2.33. The number of hydrogen-bond donors (Lipinski definition) is 1. The SMILES string of the molecule is Cc1nc2c(c(=O)n1C)CN(C(=O)[C@H]1OCC(=O)N[C@@H]1c1ccccc1)C2. The number of ether oxygens (including phenoxy) is 1. The number of fused-ring (bicyclic) bond motifs is 1. The van der Waals surface area contributed by atoms with Crippen molar-refractivity contribution in [2.75, 3.05) is 6.61 Å². The average Bonchev–Trinajstić information content (AvgIpc) is 3.10.